The lowest BCUT2D eigenvalue weighted by atomic mass is 9.73. The summed E-state index contributed by atoms with van der Waals surface area (Å²) in [5.74, 6) is -0.248. The van der Waals surface area contributed by atoms with Crippen molar-refractivity contribution in [2.45, 2.75) is 38.3 Å². The van der Waals surface area contributed by atoms with E-state index in [2.05, 4.69) is 16.1 Å². The Morgan fingerprint density at radius 3 is 2.68 bits per heavy atom. The van der Waals surface area contributed by atoms with Crippen LogP contribution < -0.4 is 4.74 Å². The molecule has 0 radical (unpaired) electrons. The summed E-state index contributed by atoms with van der Waals surface area (Å²) in [6.07, 6.45) is 1.81. The van der Waals surface area contributed by atoms with Crippen molar-refractivity contribution < 1.29 is 23.9 Å². The number of carboxylic acids is 1. The van der Waals surface area contributed by atoms with Crippen molar-refractivity contribution in [2.75, 3.05) is 20.2 Å². The van der Waals surface area contributed by atoms with Crippen LogP contribution in [0.25, 0.3) is 0 Å². The number of halogens is 1. The maximum absolute atomic E-state index is 13.2. The van der Waals surface area contributed by atoms with Gasteiger partial charge in [0, 0.05) is 19.4 Å². The molecule has 0 unspecified atom stereocenters. The molecular formula is C24H27FN2O4. The number of piperidine rings is 1. The van der Waals surface area contributed by atoms with Gasteiger partial charge in [0.2, 0.25) is 0 Å². The van der Waals surface area contributed by atoms with Crippen molar-refractivity contribution in [1.82, 2.24) is 4.90 Å². The normalized spacial score (nSPS) is 20.7. The van der Waals surface area contributed by atoms with Crippen LogP contribution in [-0.2, 0) is 16.2 Å². The van der Waals surface area contributed by atoms with E-state index in [1.165, 1.54) is 12.1 Å². The lowest BCUT2D eigenvalue weighted by Crippen LogP contribution is -2.45. The maximum atomic E-state index is 13.2. The molecule has 1 atom stereocenters. The Bertz CT molecular complexity index is 952. The average Bonchev–Trinajstić information content (AvgIpc) is 3.24. The summed E-state index contributed by atoms with van der Waals surface area (Å²) in [7, 11) is 1.65. The van der Waals surface area contributed by atoms with Crippen LogP contribution in [-0.4, -0.2) is 48.0 Å². The quantitative estimate of drug-likeness (QED) is 0.722. The van der Waals surface area contributed by atoms with Crippen LogP contribution in [0.15, 0.2) is 53.7 Å². The van der Waals surface area contributed by atoms with E-state index in [9.17, 15) is 14.3 Å². The Morgan fingerprint density at radius 2 is 2.00 bits per heavy atom. The minimum absolute atomic E-state index is 0.277. The topological polar surface area (TPSA) is 71.4 Å². The first-order valence-electron chi connectivity index (χ1n) is 10.5. The molecule has 0 spiro atoms. The minimum Gasteiger partial charge on any atom is -0.497 e. The standard InChI is InChI=1S/C24H27FN2O4/c1-30-20-4-2-3-17(13-20)16-27-11-9-24(10-12-27,23(28)29)15-21-14-22(26-31-21)18-5-7-19(25)8-6-18/h2-8,13,21H,9-12,14-16H2,1H3,(H,28,29)/t21-/m1/s1. The van der Waals surface area contributed by atoms with Crippen LogP contribution in [0.4, 0.5) is 4.39 Å². The Labute approximate surface area is 181 Å². The van der Waals surface area contributed by atoms with Crippen molar-refractivity contribution in [3.05, 3.63) is 65.5 Å². The van der Waals surface area contributed by atoms with E-state index in [1.54, 1.807) is 19.2 Å². The van der Waals surface area contributed by atoms with Gasteiger partial charge in [-0.15, -0.1) is 0 Å². The van der Waals surface area contributed by atoms with Crippen molar-refractivity contribution in [3.63, 3.8) is 0 Å². The summed E-state index contributed by atoms with van der Waals surface area (Å²) in [6, 6.07) is 14.1. The van der Waals surface area contributed by atoms with E-state index in [1.807, 2.05) is 18.2 Å². The third-order valence-corrected chi connectivity index (χ3v) is 6.34. The first-order chi connectivity index (χ1) is 15.0. The van der Waals surface area contributed by atoms with E-state index in [0.717, 1.165) is 29.1 Å². The van der Waals surface area contributed by atoms with Gasteiger partial charge in [-0.25, -0.2) is 4.39 Å². The number of hydrogen-bond donors (Lipinski definition) is 1. The number of nitrogens with zero attached hydrogens (tertiary/aromatic N) is 2. The van der Waals surface area contributed by atoms with Crippen molar-refractivity contribution in [3.8, 4) is 5.75 Å². The number of rotatable bonds is 7. The second kappa shape index (κ2) is 9.06. The molecule has 2 aromatic carbocycles. The van der Waals surface area contributed by atoms with Gasteiger partial charge in [0.15, 0.2) is 0 Å². The van der Waals surface area contributed by atoms with Crippen LogP contribution in [0.2, 0.25) is 0 Å². The van der Waals surface area contributed by atoms with E-state index < -0.39 is 11.4 Å². The zero-order chi connectivity index (χ0) is 21.8. The molecule has 6 nitrogen and oxygen atoms in total. The van der Waals surface area contributed by atoms with Gasteiger partial charge >= 0.3 is 5.97 Å². The monoisotopic (exact) mass is 426 g/mol. The van der Waals surface area contributed by atoms with Crippen LogP contribution >= 0.6 is 0 Å². The fraction of sp³-hybridized carbons (Fsp3) is 0.417. The van der Waals surface area contributed by atoms with Crippen molar-refractivity contribution in [2.24, 2.45) is 10.6 Å². The predicted molar refractivity (Wildman–Crippen MR) is 115 cm³/mol. The third kappa shape index (κ3) is 4.88. The zero-order valence-corrected chi connectivity index (χ0v) is 17.6. The van der Waals surface area contributed by atoms with Crippen LogP contribution in [0.5, 0.6) is 5.75 Å². The molecule has 2 aliphatic heterocycles. The largest absolute Gasteiger partial charge is 0.497 e. The number of aliphatic carboxylic acids is 1. The van der Waals surface area contributed by atoms with Gasteiger partial charge in [-0.3, -0.25) is 9.69 Å². The predicted octanol–water partition coefficient (Wildman–Crippen LogP) is 4.08. The molecule has 7 heteroatoms. The summed E-state index contributed by atoms with van der Waals surface area (Å²) in [5, 5.41) is 14.2. The number of benzene rings is 2. The fourth-order valence-electron chi connectivity index (χ4n) is 4.46. The molecule has 1 N–H and O–H groups in total. The molecule has 1 fully saturated rings. The van der Waals surface area contributed by atoms with E-state index >= 15 is 0 Å². The zero-order valence-electron chi connectivity index (χ0n) is 17.6. The third-order valence-electron chi connectivity index (χ3n) is 6.34. The molecule has 1 saturated heterocycles. The summed E-state index contributed by atoms with van der Waals surface area (Å²) in [4.78, 5) is 20.1. The second-order valence-corrected chi connectivity index (χ2v) is 8.39. The lowest BCUT2D eigenvalue weighted by Gasteiger charge is -2.39. The SMILES string of the molecule is COc1cccc(CN2CCC(C[C@H]3CC(c4ccc(F)cc4)=NO3)(C(=O)O)CC2)c1. The van der Waals surface area contributed by atoms with Gasteiger partial charge < -0.3 is 14.7 Å². The fourth-order valence-corrected chi connectivity index (χ4v) is 4.46. The Hall–Kier alpha value is -2.93. The average molecular weight is 426 g/mol. The van der Waals surface area contributed by atoms with Gasteiger partial charge in [0.1, 0.15) is 17.7 Å². The lowest BCUT2D eigenvalue weighted by molar-refractivity contribution is -0.155. The highest BCUT2D eigenvalue weighted by Crippen LogP contribution is 2.39. The Kier molecular flexibility index (Phi) is 6.23. The number of ether oxygens (including phenoxy) is 1. The van der Waals surface area contributed by atoms with Crippen LogP contribution in [0.3, 0.4) is 0 Å². The number of methoxy groups -OCH3 is 1. The molecule has 164 valence electrons. The molecule has 0 amide bonds. The number of likely N-dealkylation sites (tertiary alicyclic amines) is 1. The highest BCUT2D eigenvalue weighted by Gasteiger charge is 2.44. The van der Waals surface area contributed by atoms with Gasteiger partial charge in [-0.05, 0) is 61.3 Å². The minimum atomic E-state index is -0.816. The Balaban J connectivity index is 1.35. The molecule has 31 heavy (non-hydrogen) atoms. The van der Waals surface area contributed by atoms with Gasteiger partial charge in [-0.1, -0.05) is 29.4 Å². The molecule has 0 bridgehead atoms. The highest BCUT2D eigenvalue weighted by molar-refractivity contribution is 6.01. The maximum Gasteiger partial charge on any atom is 0.309 e. The van der Waals surface area contributed by atoms with E-state index in [0.29, 0.717) is 38.8 Å². The van der Waals surface area contributed by atoms with E-state index in [-0.39, 0.29) is 11.9 Å². The van der Waals surface area contributed by atoms with Gasteiger partial charge in [0.25, 0.3) is 0 Å². The molecule has 0 saturated carbocycles. The molecule has 4 rings (SSSR count). The molecule has 2 heterocycles. The number of carbonyl (C=O) groups is 1. The van der Waals surface area contributed by atoms with Crippen LogP contribution in [0, 0.1) is 11.2 Å². The van der Waals surface area contributed by atoms with Gasteiger partial charge in [0.05, 0.1) is 18.2 Å². The second-order valence-electron chi connectivity index (χ2n) is 8.39. The number of oxime groups is 1. The molecule has 0 aromatic heterocycles. The summed E-state index contributed by atoms with van der Waals surface area (Å²) < 4.78 is 18.4. The molecular weight excluding hydrogens is 399 g/mol. The molecule has 2 aromatic rings. The van der Waals surface area contributed by atoms with E-state index in [4.69, 9.17) is 9.57 Å². The summed E-state index contributed by atoms with van der Waals surface area (Å²) in [6.45, 7) is 2.19. The summed E-state index contributed by atoms with van der Waals surface area (Å²) >= 11 is 0. The van der Waals surface area contributed by atoms with Crippen LogP contribution in [0.1, 0.15) is 36.8 Å². The number of carboxylic acid groups (broad SMARTS) is 1. The number of hydrogen-bond acceptors (Lipinski definition) is 5. The highest BCUT2D eigenvalue weighted by atomic mass is 19.1. The van der Waals surface area contributed by atoms with Gasteiger partial charge in [-0.2, -0.15) is 0 Å². The molecule has 2 aliphatic rings. The first kappa shape index (κ1) is 21.3. The summed E-state index contributed by atoms with van der Waals surface area (Å²) in [5.41, 5.74) is 1.88. The van der Waals surface area contributed by atoms with Crippen molar-refractivity contribution >= 4 is 11.7 Å². The smallest absolute Gasteiger partial charge is 0.309 e. The molecule has 0 aliphatic carbocycles. The first-order valence-corrected chi connectivity index (χ1v) is 10.5. The van der Waals surface area contributed by atoms with Crippen molar-refractivity contribution in [1.29, 1.82) is 0 Å². The Morgan fingerprint density at radius 1 is 1.26 bits per heavy atom.